The third kappa shape index (κ3) is 2.73. The van der Waals surface area contributed by atoms with Crippen molar-refractivity contribution in [2.45, 2.75) is 88.1 Å². The van der Waals surface area contributed by atoms with E-state index in [0.717, 1.165) is 19.4 Å². The molecule has 3 fully saturated rings. The SMILES string of the molecule is OC1CCCCC1NCC1CCC2(CCCC2)O1. The standard InChI is InChI=1S/C15H27NO2/c17-14-6-2-1-5-13(14)16-11-12-7-10-15(18-12)8-3-4-9-15/h12-14,16-17H,1-11H2. The maximum absolute atomic E-state index is 9.94. The monoisotopic (exact) mass is 253 g/mol. The lowest BCUT2D eigenvalue weighted by molar-refractivity contribution is -0.0381. The zero-order valence-corrected chi connectivity index (χ0v) is 11.4. The van der Waals surface area contributed by atoms with Crippen molar-refractivity contribution in [2.75, 3.05) is 6.54 Å². The molecule has 1 saturated heterocycles. The predicted molar refractivity (Wildman–Crippen MR) is 71.6 cm³/mol. The van der Waals surface area contributed by atoms with Gasteiger partial charge in [0.1, 0.15) is 0 Å². The van der Waals surface area contributed by atoms with Crippen LogP contribution in [0.1, 0.15) is 64.2 Å². The Kier molecular flexibility index (Phi) is 3.92. The first kappa shape index (κ1) is 12.9. The summed E-state index contributed by atoms with van der Waals surface area (Å²) in [5.74, 6) is 0. The van der Waals surface area contributed by atoms with Gasteiger partial charge < -0.3 is 15.2 Å². The van der Waals surface area contributed by atoms with E-state index in [1.54, 1.807) is 0 Å². The second-order valence-electron chi connectivity index (χ2n) is 6.54. The van der Waals surface area contributed by atoms with Crippen LogP contribution in [-0.4, -0.2) is 35.5 Å². The van der Waals surface area contributed by atoms with Crippen molar-refractivity contribution < 1.29 is 9.84 Å². The molecule has 0 amide bonds. The van der Waals surface area contributed by atoms with Crippen molar-refractivity contribution >= 4 is 0 Å². The van der Waals surface area contributed by atoms with Gasteiger partial charge in [0.05, 0.1) is 17.8 Å². The average Bonchev–Trinajstić information content (AvgIpc) is 3.00. The fraction of sp³-hybridized carbons (Fsp3) is 1.00. The summed E-state index contributed by atoms with van der Waals surface area (Å²) in [6, 6.07) is 0.308. The molecule has 0 radical (unpaired) electrons. The minimum Gasteiger partial charge on any atom is -0.392 e. The summed E-state index contributed by atoms with van der Waals surface area (Å²) in [7, 11) is 0. The van der Waals surface area contributed by atoms with E-state index in [4.69, 9.17) is 4.74 Å². The highest BCUT2D eigenvalue weighted by Crippen LogP contribution is 2.43. The van der Waals surface area contributed by atoms with Crippen molar-refractivity contribution in [2.24, 2.45) is 0 Å². The van der Waals surface area contributed by atoms with Crippen LogP contribution in [0.2, 0.25) is 0 Å². The fourth-order valence-corrected chi connectivity index (χ4v) is 4.06. The van der Waals surface area contributed by atoms with Crippen LogP contribution in [0.3, 0.4) is 0 Å². The number of rotatable bonds is 3. The van der Waals surface area contributed by atoms with Crippen molar-refractivity contribution in [1.82, 2.24) is 5.32 Å². The molecular formula is C15H27NO2. The number of aliphatic hydroxyl groups is 1. The summed E-state index contributed by atoms with van der Waals surface area (Å²) in [6.07, 6.45) is 12.5. The van der Waals surface area contributed by atoms with Crippen molar-refractivity contribution in [3.63, 3.8) is 0 Å². The highest BCUT2D eigenvalue weighted by molar-refractivity contribution is 4.93. The molecule has 3 atom stereocenters. The minimum absolute atomic E-state index is 0.138. The van der Waals surface area contributed by atoms with Crippen molar-refractivity contribution in [1.29, 1.82) is 0 Å². The third-order valence-electron chi connectivity index (χ3n) is 5.19. The average molecular weight is 253 g/mol. The Labute approximate surface area is 110 Å². The molecular weight excluding hydrogens is 226 g/mol. The molecule has 3 unspecified atom stereocenters. The van der Waals surface area contributed by atoms with Crippen molar-refractivity contribution in [3.05, 3.63) is 0 Å². The van der Waals surface area contributed by atoms with Crippen LogP contribution >= 0.6 is 0 Å². The molecule has 2 saturated carbocycles. The van der Waals surface area contributed by atoms with Crippen LogP contribution in [0.25, 0.3) is 0 Å². The van der Waals surface area contributed by atoms with E-state index in [1.807, 2.05) is 0 Å². The molecule has 104 valence electrons. The molecule has 1 aliphatic heterocycles. The molecule has 3 nitrogen and oxygen atoms in total. The minimum atomic E-state index is -0.138. The lowest BCUT2D eigenvalue weighted by Gasteiger charge is -2.30. The number of nitrogens with one attached hydrogen (secondary N) is 1. The first-order valence-corrected chi connectivity index (χ1v) is 7.87. The van der Waals surface area contributed by atoms with Gasteiger partial charge in [-0.1, -0.05) is 25.7 Å². The smallest absolute Gasteiger partial charge is 0.0708 e. The van der Waals surface area contributed by atoms with E-state index in [2.05, 4.69) is 5.32 Å². The molecule has 3 aliphatic rings. The summed E-state index contributed by atoms with van der Waals surface area (Å²) in [5.41, 5.74) is 0.248. The molecule has 0 aromatic heterocycles. The molecule has 3 heteroatoms. The first-order chi connectivity index (χ1) is 8.77. The normalized spacial score (nSPS) is 39.5. The molecule has 1 spiro atoms. The Morgan fingerprint density at radius 3 is 2.56 bits per heavy atom. The maximum Gasteiger partial charge on any atom is 0.0708 e. The van der Waals surface area contributed by atoms with Crippen LogP contribution < -0.4 is 5.32 Å². The van der Waals surface area contributed by atoms with Crippen LogP contribution in [0.15, 0.2) is 0 Å². The zero-order valence-electron chi connectivity index (χ0n) is 11.4. The van der Waals surface area contributed by atoms with E-state index in [0.29, 0.717) is 12.1 Å². The zero-order chi connectivity index (χ0) is 12.4. The summed E-state index contributed by atoms with van der Waals surface area (Å²) < 4.78 is 6.29. The molecule has 0 bridgehead atoms. The van der Waals surface area contributed by atoms with Gasteiger partial charge in [-0.15, -0.1) is 0 Å². The maximum atomic E-state index is 9.94. The number of hydrogen-bond acceptors (Lipinski definition) is 3. The second-order valence-corrected chi connectivity index (χ2v) is 6.54. The van der Waals surface area contributed by atoms with Gasteiger partial charge in [-0.25, -0.2) is 0 Å². The van der Waals surface area contributed by atoms with Crippen LogP contribution in [-0.2, 0) is 4.74 Å². The van der Waals surface area contributed by atoms with Crippen LogP contribution in [0, 0.1) is 0 Å². The van der Waals surface area contributed by atoms with E-state index in [1.165, 1.54) is 51.4 Å². The lowest BCUT2D eigenvalue weighted by Crippen LogP contribution is -2.45. The highest BCUT2D eigenvalue weighted by atomic mass is 16.5. The van der Waals surface area contributed by atoms with E-state index in [9.17, 15) is 5.11 Å². The highest BCUT2D eigenvalue weighted by Gasteiger charge is 2.42. The van der Waals surface area contributed by atoms with Gasteiger partial charge in [0.25, 0.3) is 0 Å². The second kappa shape index (κ2) is 5.48. The summed E-state index contributed by atoms with van der Waals surface area (Å²) in [4.78, 5) is 0. The molecule has 18 heavy (non-hydrogen) atoms. The molecule has 0 aromatic carbocycles. The predicted octanol–water partition coefficient (Wildman–Crippen LogP) is 2.37. The number of aliphatic hydroxyl groups excluding tert-OH is 1. The molecule has 2 aliphatic carbocycles. The molecule has 2 N–H and O–H groups in total. The quantitative estimate of drug-likeness (QED) is 0.811. The fourth-order valence-electron chi connectivity index (χ4n) is 4.06. The Morgan fingerprint density at radius 1 is 1.00 bits per heavy atom. The van der Waals surface area contributed by atoms with Gasteiger partial charge in [0, 0.05) is 12.6 Å². The third-order valence-corrected chi connectivity index (χ3v) is 5.19. The molecule has 3 rings (SSSR count). The van der Waals surface area contributed by atoms with E-state index >= 15 is 0 Å². The topological polar surface area (TPSA) is 41.5 Å². The van der Waals surface area contributed by atoms with Gasteiger partial charge in [-0.3, -0.25) is 0 Å². The largest absolute Gasteiger partial charge is 0.392 e. The lowest BCUT2D eigenvalue weighted by atomic mass is 9.92. The summed E-state index contributed by atoms with van der Waals surface area (Å²) >= 11 is 0. The Bertz CT molecular complexity index is 276. The molecule has 0 aromatic rings. The van der Waals surface area contributed by atoms with Gasteiger partial charge in [0.15, 0.2) is 0 Å². The Hall–Kier alpha value is -0.120. The van der Waals surface area contributed by atoms with Crippen LogP contribution in [0.5, 0.6) is 0 Å². The van der Waals surface area contributed by atoms with Crippen molar-refractivity contribution in [3.8, 4) is 0 Å². The van der Waals surface area contributed by atoms with E-state index in [-0.39, 0.29) is 11.7 Å². The van der Waals surface area contributed by atoms with E-state index < -0.39 is 0 Å². The molecule has 1 heterocycles. The number of ether oxygens (including phenoxy) is 1. The number of hydrogen-bond donors (Lipinski definition) is 2. The Balaban J connectivity index is 1.44. The van der Waals surface area contributed by atoms with Crippen LogP contribution in [0.4, 0.5) is 0 Å². The first-order valence-electron chi connectivity index (χ1n) is 7.87. The van der Waals surface area contributed by atoms with Gasteiger partial charge >= 0.3 is 0 Å². The summed E-state index contributed by atoms with van der Waals surface area (Å²) in [5, 5.41) is 13.5. The van der Waals surface area contributed by atoms with Gasteiger partial charge in [-0.05, 0) is 38.5 Å². The van der Waals surface area contributed by atoms with Gasteiger partial charge in [-0.2, -0.15) is 0 Å². The van der Waals surface area contributed by atoms with Gasteiger partial charge in [0.2, 0.25) is 0 Å². The summed E-state index contributed by atoms with van der Waals surface area (Å²) in [6.45, 7) is 0.934. The Morgan fingerprint density at radius 2 is 1.78 bits per heavy atom.